The standard InChI is InChI=1S/C34H33N2O.Pt/c1-33(2,3)23-18-28(26-16-11-13-22-12-7-8-14-25(22)26)35-30(20-23)31-21-24(34(4,5)6)19-29(36-31)27-15-9-10-17-32(27)37;/h7-13,15-21,37H,1-6H3;/q-1;. The van der Waals surface area contributed by atoms with Crippen LogP contribution in [0.3, 0.4) is 0 Å². The summed E-state index contributed by atoms with van der Waals surface area (Å²) in [6.07, 6.45) is 0. The predicted molar refractivity (Wildman–Crippen MR) is 154 cm³/mol. The van der Waals surface area contributed by atoms with Crippen LogP contribution in [0.25, 0.3) is 44.7 Å². The van der Waals surface area contributed by atoms with Crippen molar-refractivity contribution in [2.24, 2.45) is 0 Å². The van der Waals surface area contributed by atoms with Gasteiger partial charge in [0.1, 0.15) is 5.75 Å². The average molecular weight is 681 g/mol. The first-order valence-corrected chi connectivity index (χ1v) is 12.7. The van der Waals surface area contributed by atoms with E-state index in [4.69, 9.17) is 9.97 Å². The molecule has 0 spiro atoms. The monoisotopic (exact) mass is 680 g/mol. The first-order valence-electron chi connectivity index (χ1n) is 12.7. The molecule has 1 N–H and O–H groups in total. The Kier molecular flexibility index (Phi) is 7.64. The van der Waals surface area contributed by atoms with Crippen LogP contribution in [0.4, 0.5) is 0 Å². The normalized spacial score (nSPS) is 11.8. The van der Waals surface area contributed by atoms with Crippen molar-refractivity contribution in [1.82, 2.24) is 9.97 Å². The molecule has 3 nitrogen and oxygen atoms in total. The van der Waals surface area contributed by atoms with Gasteiger partial charge in [-0.3, -0.25) is 4.98 Å². The Morgan fingerprint density at radius 2 is 1.11 bits per heavy atom. The van der Waals surface area contributed by atoms with E-state index in [0.717, 1.165) is 44.7 Å². The van der Waals surface area contributed by atoms with Gasteiger partial charge in [-0.2, -0.15) is 0 Å². The summed E-state index contributed by atoms with van der Waals surface area (Å²) < 4.78 is 0. The average Bonchev–Trinajstić information content (AvgIpc) is 2.87. The molecule has 4 heteroatoms. The summed E-state index contributed by atoms with van der Waals surface area (Å²) in [6.45, 7) is 13.2. The predicted octanol–water partition coefficient (Wildman–Crippen LogP) is 8.73. The van der Waals surface area contributed by atoms with Gasteiger partial charge in [-0.15, -0.1) is 35.0 Å². The number of hydrogen-bond acceptors (Lipinski definition) is 3. The quantitative estimate of drug-likeness (QED) is 0.194. The smallest absolute Gasteiger partial charge is 0.124 e. The van der Waals surface area contributed by atoms with Crippen LogP contribution in [-0.4, -0.2) is 15.1 Å². The Balaban J connectivity index is 0.00000336. The summed E-state index contributed by atoms with van der Waals surface area (Å²) in [5.74, 6) is 0.218. The van der Waals surface area contributed by atoms with Gasteiger partial charge in [0, 0.05) is 32.3 Å². The molecule has 0 radical (unpaired) electrons. The van der Waals surface area contributed by atoms with Gasteiger partial charge < -0.3 is 5.11 Å². The number of para-hydroxylation sites is 1. The number of phenolic OH excluding ortho intramolecular Hbond substituents is 1. The van der Waals surface area contributed by atoms with Gasteiger partial charge in [-0.25, -0.2) is 4.98 Å². The molecular formula is C34H33N2OPt-. The van der Waals surface area contributed by atoms with Crippen molar-refractivity contribution in [1.29, 1.82) is 0 Å². The fraction of sp³-hybridized carbons (Fsp3) is 0.235. The second-order valence-electron chi connectivity index (χ2n) is 11.7. The number of rotatable bonds is 3. The molecule has 0 saturated heterocycles. The largest absolute Gasteiger partial charge is 0.507 e. The van der Waals surface area contributed by atoms with Gasteiger partial charge in [0.2, 0.25) is 0 Å². The third-order valence-corrected chi connectivity index (χ3v) is 6.80. The van der Waals surface area contributed by atoms with E-state index < -0.39 is 0 Å². The van der Waals surface area contributed by atoms with Crippen LogP contribution < -0.4 is 0 Å². The van der Waals surface area contributed by atoms with E-state index in [9.17, 15) is 5.11 Å². The van der Waals surface area contributed by atoms with Gasteiger partial charge in [0.15, 0.2) is 0 Å². The van der Waals surface area contributed by atoms with E-state index in [-0.39, 0.29) is 37.6 Å². The summed E-state index contributed by atoms with van der Waals surface area (Å²) in [5.41, 5.74) is 7.16. The van der Waals surface area contributed by atoms with Crippen LogP contribution in [0, 0.1) is 6.07 Å². The molecule has 2 heterocycles. The topological polar surface area (TPSA) is 46.0 Å². The molecule has 3 aromatic carbocycles. The molecule has 196 valence electrons. The SMILES string of the molecule is CC(C)(C)c1cc(-c2cc(C(C)(C)C)cc(-c3cccc4ccc[c-]c34)n2)nc(-c2ccccc2O)c1.[Pt]. The van der Waals surface area contributed by atoms with Gasteiger partial charge in [-0.05, 0) is 58.4 Å². The van der Waals surface area contributed by atoms with Crippen LogP contribution in [0.15, 0.2) is 84.9 Å². The molecular weight excluding hydrogens is 647 g/mol. The minimum Gasteiger partial charge on any atom is -0.507 e. The van der Waals surface area contributed by atoms with Crippen molar-refractivity contribution in [3.05, 3.63) is 102 Å². The fourth-order valence-corrected chi connectivity index (χ4v) is 4.52. The van der Waals surface area contributed by atoms with Gasteiger partial charge in [0.05, 0.1) is 17.1 Å². The number of aromatic hydroxyl groups is 1. The van der Waals surface area contributed by atoms with E-state index >= 15 is 0 Å². The van der Waals surface area contributed by atoms with Crippen molar-refractivity contribution in [3.63, 3.8) is 0 Å². The summed E-state index contributed by atoms with van der Waals surface area (Å²) in [7, 11) is 0. The Hall–Kier alpha value is -3.29. The number of hydrogen-bond donors (Lipinski definition) is 1. The molecule has 0 aliphatic carbocycles. The zero-order valence-electron chi connectivity index (χ0n) is 22.7. The fourth-order valence-electron chi connectivity index (χ4n) is 4.52. The van der Waals surface area contributed by atoms with Crippen molar-refractivity contribution in [2.45, 2.75) is 52.4 Å². The first kappa shape index (κ1) is 27.7. The van der Waals surface area contributed by atoms with E-state index in [0.29, 0.717) is 5.56 Å². The van der Waals surface area contributed by atoms with Crippen LogP contribution in [-0.2, 0) is 31.9 Å². The van der Waals surface area contributed by atoms with E-state index in [2.05, 4.69) is 96.1 Å². The molecule has 0 saturated carbocycles. The van der Waals surface area contributed by atoms with Crippen molar-refractivity contribution < 1.29 is 26.2 Å². The molecule has 2 aromatic heterocycles. The third-order valence-electron chi connectivity index (χ3n) is 6.80. The van der Waals surface area contributed by atoms with Crippen LogP contribution >= 0.6 is 0 Å². The van der Waals surface area contributed by atoms with Crippen LogP contribution in [0.1, 0.15) is 52.7 Å². The molecule has 0 fully saturated rings. The van der Waals surface area contributed by atoms with E-state index in [1.165, 1.54) is 5.56 Å². The molecule has 0 atom stereocenters. The van der Waals surface area contributed by atoms with Crippen LogP contribution in [0.5, 0.6) is 5.75 Å². The minimum atomic E-state index is -0.105. The maximum atomic E-state index is 10.6. The zero-order valence-corrected chi connectivity index (χ0v) is 25.0. The number of nitrogens with zero attached hydrogens (tertiary/aromatic N) is 2. The summed E-state index contributed by atoms with van der Waals surface area (Å²) in [5, 5.41) is 12.8. The second kappa shape index (κ2) is 10.5. The number of fused-ring (bicyclic) bond motifs is 1. The Morgan fingerprint density at radius 1 is 0.605 bits per heavy atom. The van der Waals surface area contributed by atoms with E-state index in [1.807, 2.05) is 30.3 Å². The second-order valence-corrected chi connectivity index (χ2v) is 11.7. The van der Waals surface area contributed by atoms with Crippen molar-refractivity contribution >= 4 is 10.8 Å². The molecule has 0 amide bonds. The van der Waals surface area contributed by atoms with Gasteiger partial charge >= 0.3 is 0 Å². The molecule has 5 aromatic rings. The van der Waals surface area contributed by atoms with Gasteiger partial charge in [-0.1, -0.05) is 77.4 Å². The summed E-state index contributed by atoms with van der Waals surface area (Å²) in [6, 6.07) is 31.7. The molecule has 38 heavy (non-hydrogen) atoms. The third kappa shape index (κ3) is 5.59. The molecule has 0 bridgehead atoms. The van der Waals surface area contributed by atoms with Crippen molar-refractivity contribution in [3.8, 4) is 39.7 Å². The number of phenols is 1. The van der Waals surface area contributed by atoms with E-state index in [1.54, 1.807) is 6.07 Å². The Bertz CT molecular complexity index is 1600. The number of pyridine rings is 2. The summed E-state index contributed by atoms with van der Waals surface area (Å²) in [4.78, 5) is 10.2. The maximum absolute atomic E-state index is 10.6. The zero-order chi connectivity index (χ0) is 26.4. The maximum Gasteiger partial charge on any atom is 0.124 e. The Morgan fingerprint density at radius 3 is 1.68 bits per heavy atom. The van der Waals surface area contributed by atoms with Crippen LogP contribution in [0.2, 0.25) is 0 Å². The number of benzene rings is 3. The molecule has 0 unspecified atom stereocenters. The molecule has 0 aliphatic heterocycles. The molecule has 0 aliphatic rings. The minimum absolute atomic E-state index is 0. The van der Waals surface area contributed by atoms with Gasteiger partial charge in [0.25, 0.3) is 0 Å². The first-order chi connectivity index (χ1) is 17.5. The molecule has 5 rings (SSSR count). The van der Waals surface area contributed by atoms with Crippen molar-refractivity contribution in [2.75, 3.05) is 0 Å². The number of aromatic nitrogens is 2. The summed E-state index contributed by atoms with van der Waals surface area (Å²) >= 11 is 0. The Labute approximate surface area is 240 Å².